The summed E-state index contributed by atoms with van der Waals surface area (Å²) in [5.74, 6) is -0.129. The Labute approximate surface area is 134 Å². The van der Waals surface area contributed by atoms with E-state index in [1.807, 2.05) is 19.1 Å². The topological polar surface area (TPSA) is 58.6 Å². The number of rotatable bonds is 4. The maximum Gasteiger partial charge on any atom is 0.265 e. The molecule has 116 valence electrons. The predicted octanol–water partition coefficient (Wildman–Crippen LogP) is 2.12. The van der Waals surface area contributed by atoms with Crippen LogP contribution in [0.15, 0.2) is 29.8 Å². The molecule has 0 unspecified atom stereocenters. The standard InChI is InChI=1S/C16H18N2O3S/c1-4-10(2)21-12-7-5-11(6-8-12)9-13-14(19)17-16(22)18(3)15(13)20/h5-10H,4H2,1-3H3,(H,17,19,22)/b13-9+/t10-/m0/s1. The van der Waals surface area contributed by atoms with Crippen molar-refractivity contribution in [3.8, 4) is 5.75 Å². The van der Waals surface area contributed by atoms with Crippen LogP contribution in [0.25, 0.3) is 6.08 Å². The van der Waals surface area contributed by atoms with Gasteiger partial charge in [-0.05, 0) is 49.3 Å². The minimum atomic E-state index is -0.479. The zero-order valence-corrected chi connectivity index (χ0v) is 13.6. The first-order valence-corrected chi connectivity index (χ1v) is 7.45. The van der Waals surface area contributed by atoms with Crippen LogP contribution in [0.5, 0.6) is 5.75 Å². The third kappa shape index (κ3) is 3.51. The molecule has 0 aromatic heterocycles. The lowest BCUT2D eigenvalue weighted by Gasteiger charge is -2.25. The van der Waals surface area contributed by atoms with Crippen molar-refractivity contribution < 1.29 is 14.3 Å². The summed E-state index contributed by atoms with van der Waals surface area (Å²) in [6.07, 6.45) is 2.61. The fourth-order valence-electron chi connectivity index (χ4n) is 1.87. The molecule has 2 rings (SSSR count). The van der Waals surface area contributed by atoms with Crippen LogP contribution in [0.2, 0.25) is 0 Å². The zero-order valence-electron chi connectivity index (χ0n) is 12.8. The lowest BCUT2D eigenvalue weighted by Crippen LogP contribution is -2.52. The first-order chi connectivity index (χ1) is 10.4. The molecule has 1 saturated heterocycles. The van der Waals surface area contributed by atoms with Gasteiger partial charge in [0.05, 0.1) is 6.10 Å². The largest absolute Gasteiger partial charge is 0.491 e. The first kappa shape index (κ1) is 16.2. The summed E-state index contributed by atoms with van der Waals surface area (Å²) in [4.78, 5) is 25.2. The maximum atomic E-state index is 12.1. The summed E-state index contributed by atoms with van der Waals surface area (Å²) in [5.41, 5.74) is 0.808. The molecule has 5 nitrogen and oxygen atoms in total. The van der Waals surface area contributed by atoms with E-state index in [9.17, 15) is 9.59 Å². The van der Waals surface area contributed by atoms with E-state index in [4.69, 9.17) is 17.0 Å². The molecule has 1 aliphatic heterocycles. The Bertz CT molecular complexity index is 637. The summed E-state index contributed by atoms with van der Waals surface area (Å²) in [5, 5.41) is 2.59. The Morgan fingerprint density at radius 1 is 1.32 bits per heavy atom. The molecule has 1 heterocycles. The molecule has 1 aliphatic rings. The van der Waals surface area contributed by atoms with E-state index < -0.39 is 11.8 Å². The second-order valence-corrected chi connectivity index (χ2v) is 5.47. The molecule has 0 aliphatic carbocycles. The predicted molar refractivity (Wildman–Crippen MR) is 88.3 cm³/mol. The van der Waals surface area contributed by atoms with Crippen LogP contribution >= 0.6 is 12.2 Å². The van der Waals surface area contributed by atoms with Crippen LogP contribution in [-0.4, -0.2) is 35.0 Å². The minimum Gasteiger partial charge on any atom is -0.491 e. The highest BCUT2D eigenvalue weighted by atomic mass is 32.1. The third-order valence-electron chi connectivity index (χ3n) is 3.41. The zero-order chi connectivity index (χ0) is 16.3. The number of nitrogens with one attached hydrogen (secondary N) is 1. The van der Waals surface area contributed by atoms with Crippen molar-refractivity contribution in [1.82, 2.24) is 10.2 Å². The summed E-state index contributed by atoms with van der Waals surface area (Å²) in [7, 11) is 1.53. The highest BCUT2D eigenvalue weighted by Crippen LogP contribution is 2.18. The first-order valence-electron chi connectivity index (χ1n) is 7.04. The molecular formula is C16H18N2O3S. The Balaban J connectivity index is 2.20. The van der Waals surface area contributed by atoms with Crippen molar-refractivity contribution in [2.24, 2.45) is 0 Å². The molecule has 1 aromatic carbocycles. The van der Waals surface area contributed by atoms with Crippen molar-refractivity contribution in [1.29, 1.82) is 0 Å². The SMILES string of the molecule is CC[C@H](C)Oc1ccc(/C=C2\C(=O)NC(=S)N(C)C2=O)cc1. The van der Waals surface area contributed by atoms with Gasteiger partial charge in [-0.2, -0.15) is 0 Å². The number of benzene rings is 1. The Morgan fingerprint density at radius 3 is 2.55 bits per heavy atom. The van der Waals surface area contributed by atoms with Gasteiger partial charge < -0.3 is 4.74 Å². The van der Waals surface area contributed by atoms with Gasteiger partial charge in [0.25, 0.3) is 11.8 Å². The maximum absolute atomic E-state index is 12.1. The number of amides is 2. The average molecular weight is 318 g/mol. The molecule has 0 bridgehead atoms. The minimum absolute atomic E-state index is 0.0618. The van der Waals surface area contributed by atoms with Gasteiger partial charge in [-0.3, -0.25) is 19.8 Å². The third-order valence-corrected chi connectivity index (χ3v) is 3.78. The molecule has 1 N–H and O–H groups in total. The highest BCUT2D eigenvalue weighted by molar-refractivity contribution is 7.80. The number of carbonyl (C=O) groups is 2. The van der Waals surface area contributed by atoms with Crippen LogP contribution < -0.4 is 10.1 Å². The van der Waals surface area contributed by atoms with Crippen LogP contribution in [0, 0.1) is 0 Å². The van der Waals surface area contributed by atoms with Crippen molar-refractivity contribution in [2.45, 2.75) is 26.4 Å². The molecule has 6 heteroatoms. The van der Waals surface area contributed by atoms with Gasteiger partial charge in [0, 0.05) is 7.05 Å². The second-order valence-electron chi connectivity index (χ2n) is 5.09. The van der Waals surface area contributed by atoms with Gasteiger partial charge in [-0.25, -0.2) is 0 Å². The molecule has 22 heavy (non-hydrogen) atoms. The van der Waals surface area contributed by atoms with E-state index in [0.717, 1.165) is 17.7 Å². The van der Waals surface area contributed by atoms with E-state index in [1.54, 1.807) is 18.2 Å². The van der Waals surface area contributed by atoms with Crippen LogP contribution in [0.3, 0.4) is 0 Å². The smallest absolute Gasteiger partial charge is 0.265 e. The van der Waals surface area contributed by atoms with Gasteiger partial charge in [-0.1, -0.05) is 19.1 Å². The molecule has 1 atom stereocenters. The Morgan fingerprint density at radius 2 is 1.95 bits per heavy atom. The summed E-state index contributed by atoms with van der Waals surface area (Å²) in [6.45, 7) is 4.05. The Hall–Kier alpha value is -2.21. The van der Waals surface area contributed by atoms with Gasteiger partial charge in [0.2, 0.25) is 0 Å². The van der Waals surface area contributed by atoms with Gasteiger partial charge >= 0.3 is 0 Å². The second kappa shape index (κ2) is 6.70. The van der Waals surface area contributed by atoms with Crippen molar-refractivity contribution in [2.75, 3.05) is 7.05 Å². The number of thiocarbonyl (C=S) groups is 1. The summed E-state index contributed by atoms with van der Waals surface area (Å²) in [6, 6.07) is 7.24. The molecule has 1 aromatic rings. The number of likely N-dealkylation sites (N-methyl/N-ethyl adjacent to an activating group) is 1. The molecule has 0 spiro atoms. The lowest BCUT2D eigenvalue weighted by atomic mass is 10.1. The average Bonchev–Trinajstić information content (AvgIpc) is 2.51. The van der Waals surface area contributed by atoms with Gasteiger partial charge in [0.15, 0.2) is 5.11 Å². The molecular weight excluding hydrogens is 300 g/mol. The fourth-order valence-corrected chi connectivity index (χ4v) is 2.05. The van der Waals surface area contributed by atoms with Crippen LogP contribution in [0.4, 0.5) is 0 Å². The summed E-state index contributed by atoms with van der Waals surface area (Å²) >= 11 is 4.90. The van der Waals surface area contributed by atoms with Gasteiger partial charge in [-0.15, -0.1) is 0 Å². The number of nitrogens with zero attached hydrogens (tertiary/aromatic N) is 1. The van der Waals surface area contributed by atoms with E-state index in [0.29, 0.717) is 0 Å². The molecule has 0 radical (unpaired) electrons. The number of ether oxygens (including phenoxy) is 1. The Kier molecular flexibility index (Phi) is 4.92. The summed E-state index contributed by atoms with van der Waals surface area (Å²) < 4.78 is 5.69. The van der Waals surface area contributed by atoms with Gasteiger partial charge in [0.1, 0.15) is 11.3 Å². The van der Waals surface area contributed by atoms with Crippen LogP contribution in [-0.2, 0) is 9.59 Å². The van der Waals surface area contributed by atoms with Crippen molar-refractivity contribution in [3.63, 3.8) is 0 Å². The fraction of sp³-hybridized carbons (Fsp3) is 0.312. The molecule has 0 saturated carbocycles. The van der Waals surface area contributed by atoms with E-state index in [1.165, 1.54) is 11.9 Å². The van der Waals surface area contributed by atoms with E-state index in [-0.39, 0.29) is 16.8 Å². The monoisotopic (exact) mass is 318 g/mol. The van der Waals surface area contributed by atoms with E-state index >= 15 is 0 Å². The quantitative estimate of drug-likeness (QED) is 0.525. The molecule has 2 amide bonds. The van der Waals surface area contributed by atoms with Crippen molar-refractivity contribution >= 4 is 35.2 Å². The number of hydrogen-bond donors (Lipinski definition) is 1. The molecule has 1 fully saturated rings. The van der Waals surface area contributed by atoms with E-state index in [2.05, 4.69) is 12.2 Å². The number of carbonyl (C=O) groups excluding carboxylic acids is 2. The highest BCUT2D eigenvalue weighted by Gasteiger charge is 2.30. The number of hydrogen-bond acceptors (Lipinski definition) is 4. The van der Waals surface area contributed by atoms with Crippen molar-refractivity contribution in [3.05, 3.63) is 35.4 Å². The van der Waals surface area contributed by atoms with Crippen LogP contribution in [0.1, 0.15) is 25.8 Å². The normalized spacial score (nSPS) is 18.4. The lowest BCUT2D eigenvalue weighted by molar-refractivity contribution is -0.128.